The minimum absolute atomic E-state index is 0.0516. The van der Waals surface area contributed by atoms with Gasteiger partial charge in [-0.15, -0.1) is 10.2 Å². The summed E-state index contributed by atoms with van der Waals surface area (Å²) in [7, 11) is 0. The lowest BCUT2D eigenvalue weighted by Gasteiger charge is -2.27. The Morgan fingerprint density at radius 3 is 3.00 bits per heavy atom. The van der Waals surface area contributed by atoms with Crippen LogP contribution in [-0.2, 0) is 16.1 Å². The Labute approximate surface area is 153 Å². The van der Waals surface area contributed by atoms with E-state index in [0.29, 0.717) is 17.2 Å². The maximum Gasteiger partial charge on any atom is 0.250 e. The quantitative estimate of drug-likeness (QED) is 0.765. The molecule has 1 aliphatic heterocycles. The molecule has 3 aromatic rings. The highest BCUT2D eigenvalue weighted by atomic mass is 32.1. The summed E-state index contributed by atoms with van der Waals surface area (Å²) in [6, 6.07) is 8.90. The highest BCUT2D eigenvalue weighted by Gasteiger charge is 2.30. The molecular formula is C17H16N6O2S. The SMILES string of the molecule is C[C@@H]1CC(=O)Nc2ccccc2N1C(=O)Cn1nnc(-c2ccsc2)n1. The minimum atomic E-state index is -0.272. The smallest absolute Gasteiger partial charge is 0.250 e. The summed E-state index contributed by atoms with van der Waals surface area (Å²) in [6.07, 6.45) is 0.228. The second-order valence-electron chi connectivity index (χ2n) is 6.04. The average Bonchev–Trinajstić information content (AvgIpc) is 3.25. The van der Waals surface area contributed by atoms with Crippen molar-refractivity contribution in [1.29, 1.82) is 0 Å². The second-order valence-corrected chi connectivity index (χ2v) is 6.82. The van der Waals surface area contributed by atoms with Gasteiger partial charge in [-0.25, -0.2) is 0 Å². The molecule has 0 fully saturated rings. The van der Waals surface area contributed by atoms with Crippen molar-refractivity contribution in [3.8, 4) is 11.4 Å². The molecule has 0 unspecified atom stereocenters. The third-order valence-electron chi connectivity index (χ3n) is 4.14. The second kappa shape index (κ2) is 6.68. The Balaban J connectivity index is 1.60. The van der Waals surface area contributed by atoms with Crippen LogP contribution in [0.2, 0.25) is 0 Å². The number of tetrazole rings is 1. The lowest BCUT2D eigenvalue weighted by molar-refractivity contribution is -0.120. The summed E-state index contributed by atoms with van der Waals surface area (Å²) in [5, 5.41) is 19.0. The van der Waals surface area contributed by atoms with Gasteiger partial charge in [-0.05, 0) is 35.7 Å². The fourth-order valence-corrected chi connectivity index (χ4v) is 3.62. The lowest BCUT2D eigenvalue weighted by Crippen LogP contribution is -2.41. The number of amides is 2. The fraction of sp³-hybridized carbons (Fsp3) is 0.235. The van der Waals surface area contributed by atoms with Gasteiger partial charge in [0.15, 0.2) is 0 Å². The molecule has 9 heteroatoms. The van der Waals surface area contributed by atoms with Crippen LogP contribution in [0.15, 0.2) is 41.1 Å². The molecule has 1 aromatic carbocycles. The summed E-state index contributed by atoms with van der Waals surface area (Å²) in [5.41, 5.74) is 2.17. The summed E-state index contributed by atoms with van der Waals surface area (Å²) in [5.74, 6) is 0.176. The number of rotatable bonds is 3. The van der Waals surface area contributed by atoms with Crippen molar-refractivity contribution in [3.63, 3.8) is 0 Å². The molecule has 2 amide bonds. The van der Waals surface area contributed by atoms with E-state index in [1.165, 1.54) is 4.80 Å². The van der Waals surface area contributed by atoms with Crippen LogP contribution in [-0.4, -0.2) is 38.1 Å². The third-order valence-corrected chi connectivity index (χ3v) is 4.82. The number of carbonyl (C=O) groups is 2. The van der Waals surface area contributed by atoms with Gasteiger partial charge in [-0.1, -0.05) is 12.1 Å². The molecule has 0 spiro atoms. The zero-order valence-electron chi connectivity index (χ0n) is 14.0. The number of nitrogens with one attached hydrogen (secondary N) is 1. The van der Waals surface area contributed by atoms with Gasteiger partial charge in [0.25, 0.3) is 5.91 Å². The topological polar surface area (TPSA) is 93.0 Å². The van der Waals surface area contributed by atoms with E-state index in [0.717, 1.165) is 5.56 Å². The zero-order valence-corrected chi connectivity index (χ0v) is 14.8. The number of hydrogen-bond donors (Lipinski definition) is 1. The van der Waals surface area contributed by atoms with E-state index >= 15 is 0 Å². The van der Waals surface area contributed by atoms with E-state index < -0.39 is 0 Å². The van der Waals surface area contributed by atoms with Crippen molar-refractivity contribution < 1.29 is 9.59 Å². The van der Waals surface area contributed by atoms with Gasteiger partial charge in [-0.2, -0.15) is 16.1 Å². The van der Waals surface area contributed by atoms with Gasteiger partial charge < -0.3 is 10.2 Å². The Hall–Kier alpha value is -3.07. The summed E-state index contributed by atoms with van der Waals surface area (Å²) >= 11 is 1.54. The van der Waals surface area contributed by atoms with E-state index in [1.54, 1.807) is 22.3 Å². The molecule has 0 bridgehead atoms. The van der Waals surface area contributed by atoms with Gasteiger partial charge in [0.1, 0.15) is 6.54 Å². The van der Waals surface area contributed by atoms with E-state index in [2.05, 4.69) is 20.7 Å². The minimum Gasteiger partial charge on any atom is -0.324 e. The normalized spacial score (nSPS) is 16.7. The standard InChI is InChI=1S/C17H16N6O2S/c1-11-8-15(24)18-13-4-2-3-5-14(13)23(11)16(25)9-22-20-17(19-21-22)12-6-7-26-10-12/h2-7,10-11H,8-9H2,1H3,(H,18,24)/t11-/m1/s1. The predicted molar refractivity (Wildman–Crippen MR) is 97.8 cm³/mol. The molecular weight excluding hydrogens is 352 g/mol. The summed E-state index contributed by atoms with van der Waals surface area (Å²) in [4.78, 5) is 27.9. The zero-order chi connectivity index (χ0) is 18.1. The number of aromatic nitrogens is 4. The number of hydrogen-bond acceptors (Lipinski definition) is 6. The van der Waals surface area contributed by atoms with Gasteiger partial charge in [0.05, 0.1) is 11.4 Å². The number of thiophene rings is 1. The number of benzene rings is 1. The third kappa shape index (κ3) is 3.08. The average molecular weight is 368 g/mol. The van der Waals surface area contributed by atoms with Gasteiger partial charge >= 0.3 is 0 Å². The molecule has 26 heavy (non-hydrogen) atoms. The van der Waals surface area contributed by atoms with Crippen molar-refractivity contribution >= 4 is 34.5 Å². The van der Waals surface area contributed by atoms with Crippen molar-refractivity contribution in [2.75, 3.05) is 10.2 Å². The van der Waals surface area contributed by atoms with Gasteiger partial charge in [-0.3, -0.25) is 9.59 Å². The highest BCUT2D eigenvalue weighted by Crippen LogP contribution is 2.31. The van der Waals surface area contributed by atoms with Crippen LogP contribution >= 0.6 is 11.3 Å². The fourth-order valence-electron chi connectivity index (χ4n) is 2.98. The van der Waals surface area contributed by atoms with Crippen LogP contribution in [0.3, 0.4) is 0 Å². The highest BCUT2D eigenvalue weighted by molar-refractivity contribution is 7.08. The van der Waals surface area contributed by atoms with Crippen molar-refractivity contribution in [3.05, 3.63) is 41.1 Å². The number of anilines is 2. The van der Waals surface area contributed by atoms with Crippen LogP contribution in [0, 0.1) is 0 Å². The van der Waals surface area contributed by atoms with Crippen molar-refractivity contribution in [2.45, 2.75) is 25.9 Å². The largest absolute Gasteiger partial charge is 0.324 e. The molecule has 0 saturated carbocycles. The van der Waals surface area contributed by atoms with E-state index in [-0.39, 0.29) is 30.8 Å². The molecule has 0 saturated heterocycles. The maximum absolute atomic E-state index is 13.0. The van der Waals surface area contributed by atoms with E-state index in [4.69, 9.17) is 0 Å². The van der Waals surface area contributed by atoms with Gasteiger partial charge in [0.2, 0.25) is 11.7 Å². The van der Waals surface area contributed by atoms with Crippen molar-refractivity contribution in [2.24, 2.45) is 0 Å². The van der Waals surface area contributed by atoms with Crippen molar-refractivity contribution in [1.82, 2.24) is 20.2 Å². The van der Waals surface area contributed by atoms with Crippen LogP contribution in [0.1, 0.15) is 13.3 Å². The number of nitrogens with zero attached hydrogens (tertiary/aromatic N) is 5. The van der Waals surface area contributed by atoms with Crippen LogP contribution in [0.4, 0.5) is 11.4 Å². The molecule has 8 nitrogen and oxygen atoms in total. The van der Waals surface area contributed by atoms with E-state index in [9.17, 15) is 9.59 Å². The first-order valence-electron chi connectivity index (χ1n) is 8.13. The molecule has 1 N–H and O–H groups in total. The molecule has 3 heterocycles. The monoisotopic (exact) mass is 368 g/mol. The molecule has 4 rings (SSSR count). The molecule has 2 aromatic heterocycles. The van der Waals surface area contributed by atoms with Crippen LogP contribution < -0.4 is 10.2 Å². The number of carbonyl (C=O) groups excluding carboxylic acids is 2. The Morgan fingerprint density at radius 2 is 2.19 bits per heavy atom. The van der Waals surface area contributed by atoms with Gasteiger partial charge in [0, 0.05) is 23.4 Å². The number of fused-ring (bicyclic) bond motifs is 1. The Kier molecular flexibility index (Phi) is 4.21. The van der Waals surface area contributed by atoms with Crippen LogP contribution in [0.25, 0.3) is 11.4 Å². The molecule has 1 atom stereocenters. The Bertz CT molecular complexity index is 952. The predicted octanol–water partition coefficient (Wildman–Crippen LogP) is 2.17. The lowest BCUT2D eigenvalue weighted by atomic mass is 10.1. The molecule has 0 aliphatic carbocycles. The van der Waals surface area contributed by atoms with Crippen LogP contribution in [0.5, 0.6) is 0 Å². The first-order valence-corrected chi connectivity index (χ1v) is 9.07. The maximum atomic E-state index is 13.0. The van der Waals surface area contributed by atoms with E-state index in [1.807, 2.05) is 41.9 Å². The molecule has 0 radical (unpaired) electrons. The molecule has 132 valence electrons. The Morgan fingerprint density at radius 1 is 1.35 bits per heavy atom. The summed E-state index contributed by atoms with van der Waals surface area (Å²) < 4.78 is 0. The summed E-state index contributed by atoms with van der Waals surface area (Å²) in [6.45, 7) is 1.80. The number of para-hydroxylation sites is 2. The molecule has 1 aliphatic rings. The first kappa shape index (κ1) is 16.4. The first-order chi connectivity index (χ1) is 12.6.